The van der Waals surface area contributed by atoms with Crippen molar-refractivity contribution in [3.8, 4) is 0 Å². The fraction of sp³-hybridized carbons (Fsp3) is 0.583. The maximum atomic E-state index is 12.0. The number of aromatic nitrogens is 2. The van der Waals surface area contributed by atoms with Gasteiger partial charge in [0, 0.05) is 11.9 Å². The number of likely N-dealkylation sites (N-methyl/N-ethyl adjacent to an activating group) is 1. The topological polar surface area (TPSA) is 64.1 Å². The number of ether oxygens (including phenoxy) is 1. The Hall–Kier alpha value is -1.14. The quantitative estimate of drug-likeness (QED) is 0.473. The molecule has 0 spiro atoms. The Morgan fingerprint density at radius 1 is 1.67 bits per heavy atom. The molecule has 1 aromatic rings. The Morgan fingerprint density at radius 2 is 2.44 bits per heavy atom. The van der Waals surface area contributed by atoms with Crippen molar-refractivity contribution in [1.82, 2.24) is 15.3 Å². The molecular formula is C12H17N3O2S. The summed E-state index contributed by atoms with van der Waals surface area (Å²) in [5.74, 6) is 0.802. The minimum Gasteiger partial charge on any atom is -0.468 e. The molecule has 0 bridgehead atoms. The van der Waals surface area contributed by atoms with E-state index in [9.17, 15) is 4.79 Å². The third-order valence-electron chi connectivity index (χ3n) is 3.27. The molecule has 1 N–H and O–H groups in total. The monoisotopic (exact) mass is 267 g/mol. The zero-order chi connectivity index (χ0) is 13.0. The van der Waals surface area contributed by atoms with Crippen LogP contribution in [0.2, 0.25) is 0 Å². The lowest BCUT2D eigenvalue weighted by Crippen LogP contribution is -2.55. The number of nitrogens with one attached hydrogen (secondary N) is 1. The van der Waals surface area contributed by atoms with E-state index in [1.165, 1.54) is 13.4 Å². The summed E-state index contributed by atoms with van der Waals surface area (Å²) in [6, 6.07) is 1.84. The lowest BCUT2D eigenvalue weighted by Gasteiger charge is -2.30. The smallest absolute Gasteiger partial charge is 0.327 e. The van der Waals surface area contributed by atoms with Gasteiger partial charge in [0.15, 0.2) is 0 Å². The van der Waals surface area contributed by atoms with E-state index in [0.717, 1.165) is 17.9 Å². The predicted octanol–water partition coefficient (Wildman–Crippen LogP) is 1.11. The van der Waals surface area contributed by atoms with Crippen molar-refractivity contribution in [2.45, 2.75) is 23.4 Å². The average molecular weight is 267 g/mol. The van der Waals surface area contributed by atoms with E-state index >= 15 is 0 Å². The summed E-state index contributed by atoms with van der Waals surface area (Å²) in [7, 11) is 3.25. The van der Waals surface area contributed by atoms with Crippen LogP contribution in [0, 0.1) is 5.92 Å². The van der Waals surface area contributed by atoms with E-state index in [1.54, 1.807) is 18.0 Å². The first-order valence-corrected chi connectivity index (χ1v) is 6.87. The molecule has 5 nitrogen and oxygen atoms in total. The summed E-state index contributed by atoms with van der Waals surface area (Å²) in [6.07, 6.45) is 5.35. The summed E-state index contributed by atoms with van der Waals surface area (Å²) in [6.45, 7) is 0. The van der Waals surface area contributed by atoms with Crippen molar-refractivity contribution in [3.63, 3.8) is 0 Å². The molecule has 0 radical (unpaired) electrons. The van der Waals surface area contributed by atoms with Crippen molar-refractivity contribution in [3.05, 3.63) is 18.6 Å². The molecule has 0 saturated heterocycles. The molecule has 1 saturated carbocycles. The molecular weight excluding hydrogens is 250 g/mol. The van der Waals surface area contributed by atoms with Crippen LogP contribution >= 0.6 is 11.8 Å². The summed E-state index contributed by atoms with van der Waals surface area (Å²) in [5.41, 5.74) is -0.593. The number of esters is 1. The SMILES string of the molecule is CNC(CSc1ccncn1)(C(=O)OC)C1CC1. The van der Waals surface area contributed by atoms with Crippen LogP contribution in [0.15, 0.2) is 23.6 Å². The molecule has 0 amide bonds. The Bertz CT molecular complexity index is 411. The molecule has 18 heavy (non-hydrogen) atoms. The van der Waals surface area contributed by atoms with Crippen LogP contribution in [-0.4, -0.2) is 41.4 Å². The fourth-order valence-electron chi connectivity index (χ4n) is 2.03. The Labute approximate surface area is 111 Å². The Kier molecular flexibility index (Phi) is 4.19. The number of rotatable bonds is 6. The first-order valence-electron chi connectivity index (χ1n) is 5.89. The van der Waals surface area contributed by atoms with Gasteiger partial charge in [-0.15, -0.1) is 11.8 Å². The van der Waals surface area contributed by atoms with Gasteiger partial charge in [-0.3, -0.25) is 4.79 Å². The van der Waals surface area contributed by atoms with Crippen LogP contribution in [0.4, 0.5) is 0 Å². The molecule has 98 valence electrons. The van der Waals surface area contributed by atoms with Crippen LogP contribution < -0.4 is 5.32 Å². The second kappa shape index (κ2) is 5.67. The van der Waals surface area contributed by atoms with Gasteiger partial charge in [-0.2, -0.15) is 0 Å². The third-order valence-corrected chi connectivity index (χ3v) is 4.41. The van der Waals surface area contributed by atoms with Crippen LogP contribution in [0.1, 0.15) is 12.8 Å². The van der Waals surface area contributed by atoms with Gasteiger partial charge in [0.2, 0.25) is 0 Å². The average Bonchev–Trinajstić information content (AvgIpc) is 3.26. The standard InChI is InChI=1S/C12H17N3O2S/c1-13-12(9-3-4-9,11(16)17-2)7-18-10-5-6-14-8-15-10/h5-6,8-9,13H,3-4,7H2,1-2H3. The highest BCUT2D eigenvalue weighted by Crippen LogP contribution is 2.42. The van der Waals surface area contributed by atoms with E-state index < -0.39 is 5.54 Å². The first-order chi connectivity index (χ1) is 8.73. The second-order valence-electron chi connectivity index (χ2n) is 4.32. The minimum atomic E-state index is -0.593. The predicted molar refractivity (Wildman–Crippen MR) is 69.3 cm³/mol. The molecule has 0 aliphatic heterocycles. The largest absolute Gasteiger partial charge is 0.468 e. The summed E-state index contributed by atoms with van der Waals surface area (Å²) >= 11 is 1.55. The molecule has 0 aromatic carbocycles. The van der Waals surface area contributed by atoms with Crippen LogP contribution in [0.3, 0.4) is 0 Å². The van der Waals surface area contributed by atoms with Crippen molar-refractivity contribution < 1.29 is 9.53 Å². The van der Waals surface area contributed by atoms with Crippen molar-refractivity contribution in [2.75, 3.05) is 19.9 Å². The van der Waals surface area contributed by atoms with Crippen molar-refractivity contribution in [1.29, 1.82) is 0 Å². The van der Waals surface area contributed by atoms with Gasteiger partial charge in [-0.05, 0) is 31.9 Å². The van der Waals surface area contributed by atoms with Crippen molar-refractivity contribution >= 4 is 17.7 Å². The van der Waals surface area contributed by atoms with Gasteiger partial charge in [0.1, 0.15) is 11.9 Å². The lowest BCUT2D eigenvalue weighted by atomic mass is 9.96. The maximum Gasteiger partial charge on any atom is 0.327 e. The van der Waals surface area contributed by atoms with Gasteiger partial charge >= 0.3 is 5.97 Å². The van der Waals surface area contributed by atoms with Gasteiger partial charge in [0.25, 0.3) is 0 Å². The molecule has 1 aliphatic carbocycles. The highest BCUT2D eigenvalue weighted by molar-refractivity contribution is 7.99. The molecule has 2 rings (SSSR count). The number of thioether (sulfide) groups is 1. The van der Waals surface area contributed by atoms with E-state index in [2.05, 4.69) is 15.3 Å². The second-order valence-corrected chi connectivity index (χ2v) is 5.32. The molecule has 1 unspecified atom stereocenters. The van der Waals surface area contributed by atoms with Gasteiger partial charge < -0.3 is 10.1 Å². The normalized spacial score (nSPS) is 18.1. The maximum absolute atomic E-state index is 12.0. The summed E-state index contributed by atoms with van der Waals surface area (Å²) in [4.78, 5) is 20.1. The zero-order valence-electron chi connectivity index (χ0n) is 10.5. The van der Waals surface area contributed by atoms with E-state index in [0.29, 0.717) is 11.7 Å². The lowest BCUT2D eigenvalue weighted by molar-refractivity contribution is -0.148. The first kappa shape index (κ1) is 13.3. The van der Waals surface area contributed by atoms with E-state index in [1.807, 2.05) is 13.1 Å². The number of nitrogens with zero attached hydrogens (tertiary/aromatic N) is 2. The molecule has 1 atom stereocenters. The fourth-order valence-corrected chi connectivity index (χ4v) is 3.18. The van der Waals surface area contributed by atoms with E-state index in [-0.39, 0.29) is 5.97 Å². The number of hydrogen-bond acceptors (Lipinski definition) is 6. The highest BCUT2D eigenvalue weighted by atomic mass is 32.2. The molecule has 1 aromatic heterocycles. The van der Waals surface area contributed by atoms with Crippen LogP contribution in [0.5, 0.6) is 0 Å². The third kappa shape index (κ3) is 2.64. The molecule has 6 heteroatoms. The summed E-state index contributed by atoms with van der Waals surface area (Å²) < 4.78 is 4.95. The highest BCUT2D eigenvalue weighted by Gasteiger charge is 2.50. The Balaban J connectivity index is 2.08. The number of carbonyl (C=O) groups is 1. The van der Waals surface area contributed by atoms with Crippen LogP contribution in [0.25, 0.3) is 0 Å². The van der Waals surface area contributed by atoms with Crippen molar-refractivity contribution in [2.24, 2.45) is 5.92 Å². The van der Waals surface area contributed by atoms with Gasteiger partial charge in [-0.1, -0.05) is 0 Å². The molecule has 1 fully saturated rings. The Morgan fingerprint density at radius 3 is 2.94 bits per heavy atom. The molecule has 1 aliphatic rings. The minimum absolute atomic E-state index is 0.186. The number of methoxy groups -OCH3 is 1. The van der Waals surface area contributed by atoms with Gasteiger partial charge in [0.05, 0.1) is 12.1 Å². The van der Waals surface area contributed by atoms with Gasteiger partial charge in [-0.25, -0.2) is 9.97 Å². The van der Waals surface area contributed by atoms with E-state index in [4.69, 9.17) is 4.74 Å². The number of hydrogen-bond donors (Lipinski definition) is 1. The zero-order valence-corrected chi connectivity index (χ0v) is 11.4. The molecule has 1 heterocycles. The summed E-state index contributed by atoms with van der Waals surface area (Å²) in [5, 5.41) is 4.03. The van der Waals surface area contributed by atoms with Crippen LogP contribution in [-0.2, 0) is 9.53 Å². The number of carbonyl (C=O) groups excluding carboxylic acids is 1.